The van der Waals surface area contributed by atoms with Gasteiger partial charge in [0, 0.05) is 6.42 Å². The zero-order chi connectivity index (χ0) is 73.2. The molecule has 19 heteroatoms. The Morgan fingerprint density at radius 2 is 0.663 bits per heavy atom. The highest BCUT2D eigenvalue weighted by Crippen LogP contribution is 2.33. The molecule has 0 radical (unpaired) electrons. The van der Waals surface area contributed by atoms with Gasteiger partial charge in [0.05, 0.1) is 38.6 Å². The van der Waals surface area contributed by atoms with Gasteiger partial charge in [-0.25, -0.2) is 0 Å². The first kappa shape index (κ1) is 92.4. The minimum atomic E-state index is -1.98. The lowest BCUT2D eigenvalue weighted by Crippen LogP contribution is -2.66. The molecular weight excluding hydrogens is 1290 g/mol. The third kappa shape index (κ3) is 42.4. The standard InChI is InChI=1S/C82H147NO18/c1-3-5-7-9-11-13-15-17-19-21-22-23-24-25-26-27-28-29-30-31-32-33-34-35-36-37-38-39-40-41-42-44-46-48-50-52-54-56-58-60-70(88)83-65(66(87)59-57-55-53-51-49-47-45-43-20-18-16-14-12-10-8-6-4-2)64-96-80-76(94)73(91)78(68(62-85)98-80)101-82-77(95)74(92)79(69(63-86)99-82)100-81-75(93)72(90)71(89)67(61-84)97-81/h15,17,20-22,24-25,43,49,51,57,59,65-69,71-82,84-87,89-95H,3-14,16,18-19,23,26-42,44-48,50,52-56,58,60-64H2,1-2H3,(H,83,88)/b17-15-,22-21-,25-24-,43-20+,51-49+,59-57+. The molecule has 0 bridgehead atoms. The van der Waals surface area contributed by atoms with Crippen molar-refractivity contribution in [2.45, 2.75) is 413 Å². The molecule has 3 rings (SSSR count). The van der Waals surface area contributed by atoms with Gasteiger partial charge in [-0.3, -0.25) is 4.79 Å². The predicted octanol–water partition coefficient (Wildman–Crippen LogP) is 13.6. The third-order valence-corrected chi connectivity index (χ3v) is 20.0. The smallest absolute Gasteiger partial charge is 0.220 e. The normalized spacial score (nSPS) is 26.7. The molecule has 588 valence electrons. The average Bonchev–Trinajstić information content (AvgIpc) is 0.792. The molecule has 0 aliphatic carbocycles. The Morgan fingerprint density at radius 1 is 0.356 bits per heavy atom. The van der Waals surface area contributed by atoms with Crippen molar-refractivity contribution in [1.82, 2.24) is 5.32 Å². The number of aliphatic hydroxyl groups is 11. The number of nitrogens with one attached hydrogen (secondary N) is 1. The zero-order valence-corrected chi connectivity index (χ0v) is 62.9. The number of amides is 1. The predicted molar refractivity (Wildman–Crippen MR) is 401 cm³/mol. The van der Waals surface area contributed by atoms with Gasteiger partial charge in [-0.05, 0) is 83.5 Å². The van der Waals surface area contributed by atoms with Crippen molar-refractivity contribution in [2.24, 2.45) is 0 Å². The highest BCUT2D eigenvalue weighted by atomic mass is 16.8. The summed E-state index contributed by atoms with van der Waals surface area (Å²) < 4.78 is 34.4. The maximum atomic E-state index is 13.5. The summed E-state index contributed by atoms with van der Waals surface area (Å²) in [6, 6.07) is -0.998. The molecule has 1 amide bonds. The van der Waals surface area contributed by atoms with Crippen LogP contribution < -0.4 is 5.32 Å². The van der Waals surface area contributed by atoms with Gasteiger partial charge in [0.2, 0.25) is 5.91 Å². The lowest BCUT2D eigenvalue weighted by atomic mass is 9.96. The lowest BCUT2D eigenvalue weighted by Gasteiger charge is -2.48. The summed E-state index contributed by atoms with van der Waals surface area (Å²) in [6.07, 6.45) is 54.9. The van der Waals surface area contributed by atoms with Crippen LogP contribution in [0.3, 0.4) is 0 Å². The number of unbranched alkanes of at least 4 members (excludes halogenated alkanes) is 38. The van der Waals surface area contributed by atoms with Crippen molar-refractivity contribution in [2.75, 3.05) is 26.4 Å². The molecule has 0 aromatic heterocycles. The van der Waals surface area contributed by atoms with E-state index in [1.807, 2.05) is 6.08 Å². The molecule has 3 heterocycles. The fraction of sp³-hybridized carbons (Fsp3) is 0.841. The number of aliphatic hydroxyl groups excluding tert-OH is 11. The highest BCUT2D eigenvalue weighted by Gasteiger charge is 2.54. The SMILES string of the molecule is CCCCCCC/C=C\C/C=C\C/C=C\CCCCCCCCCCCCCCCCCCCCCCCCCCC(=O)NC(COC1OC(CO)C(OC2OC(CO)C(OC3OC(CO)C(O)C(O)C3O)C(O)C2O)C(O)C1O)C(O)/C=C/CC/C=C/CC/C=C/CCCCCCCCC. The third-order valence-electron chi connectivity index (χ3n) is 20.0. The number of carbonyl (C=O) groups excluding carboxylic acids is 1. The number of hydrogen-bond donors (Lipinski definition) is 12. The molecule has 3 fully saturated rings. The lowest BCUT2D eigenvalue weighted by molar-refractivity contribution is -0.379. The number of allylic oxidation sites excluding steroid dienone is 11. The topological polar surface area (TPSA) is 307 Å². The van der Waals surface area contributed by atoms with Gasteiger partial charge in [0.1, 0.15) is 73.2 Å². The van der Waals surface area contributed by atoms with Crippen molar-refractivity contribution >= 4 is 5.91 Å². The summed E-state index contributed by atoms with van der Waals surface area (Å²) >= 11 is 0. The van der Waals surface area contributed by atoms with Crippen LogP contribution in [0, 0.1) is 0 Å². The van der Waals surface area contributed by atoms with Crippen LogP contribution in [0.5, 0.6) is 0 Å². The van der Waals surface area contributed by atoms with Crippen molar-refractivity contribution in [3.05, 3.63) is 72.9 Å². The summed E-state index contributed by atoms with van der Waals surface area (Å²) in [7, 11) is 0. The summed E-state index contributed by atoms with van der Waals surface area (Å²) in [5.74, 6) is -0.286. The summed E-state index contributed by atoms with van der Waals surface area (Å²) in [5.41, 5.74) is 0. The first-order valence-corrected chi connectivity index (χ1v) is 40.7. The van der Waals surface area contributed by atoms with E-state index >= 15 is 0 Å². The van der Waals surface area contributed by atoms with E-state index in [2.05, 4.69) is 79.9 Å². The van der Waals surface area contributed by atoms with Crippen molar-refractivity contribution < 1.29 is 89.4 Å². The first-order valence-electron chi connectivity index (χ1n) is 40.7. The second kappa shape index (κ2) is 62.3. The summed E-state index contributed by atoms with van der Waals surface area (Å²) in [4.78, 5) is 13.5. The van der Waals surface area contributed by atoms with Crippen molar-refractivity contribution in [3.63, 3.8) is 0 Å². The molecule has 17 unspecified atom stereocenters. The second-order valence-electron chi connectivity index (χ2n) is 28.9. The molecule has 0 spiro atoms. The van der Waals surface area contributed by atoms with Crippen LogP contribution in [0.15, 0.2) is 72.9 Å². The Bertz CT molecular complexity index is 2110. The number of ether oxygens (including phenoxy) is 6. The van der Waals surface area contributed by atoms with E-state index in [0.29, 0.717) is 12.8 Å². The van der Waals surface area contributed by atoms with Gasteiger partial charge >= 0.3 is 0 Å². The molecule has 3 saturated heterocycles. The zero-order valence-electron chi connectivity index (χ0n) is 62.9. The van der Waals surface area contributed by atoms with Gasteiger partial charge in [-0.15, -0.1) is 0 Å². The fourth-order valence-electron chi connectivity index (χ4n) is 13.4. The number of rotatable bonds is 64. The molecule has 101 heavy (non-hydrogen) atoms. The van der Waals surface area contributed by atoms with Crippen LogP contribution in [0.1, 0.15) is 309 Å². The molecule has 0 aromatic carbocycles. The van der Waals surface area contributed by atoms with Gasteiger partial charge in [0.25, 0.3) is 0 Å². The molecule has 0 saturated carbocycles. The van der Waals surface area contributed by atoms with E-state index in [1.54, 1.807) is 6.08 Å². The minimum absolute atomic E-state index is 0.233. The Hall–Kier alpha value is -2.77. The van der Waals surface area contributed by atoms with Gasteiger partial charge in [-0.1, -0.05) is 292 Å². The first-order chi connectivity index (χ1) is 49.3. The van der Waals surface area contributed by atoms with Crippen molar-refractivity contribution in [3.8, 4) is 0 Å². The molecule has 12 N–H and O–H groups in total. The molecule has 3 aliphatic rings. The quantitative estimate of drug-likeness (QED) is 0.0199. The van der Waals surface area contributed by atoms with E-state index in [1.165, 1.54) is 218 Å². The van der Waals surface area contributed by atoms with Crippen LogP contribution >= 0.6 is 0 Å². The van der Waals surface area contributed by atoms with Crippen LogP contribution in [-0.2, 0) is 33.2 Å². The maximum Gasteiger partial charge on any atom is 0.220 e. The van der Waals surface area contributed by atoms with Crippen LogP contribution in [0.4, 0.5) is 0 Å². The molecule has 17 atom stereocenters. The Kier molecular flexibility index (Phi) is 57.0. The fourth-order valence-corrected chi connectivity index (χ4v) is 13.4. The number of carbonyl (C=O) groups is 1. The van der Waals surface area contributed by atoms with E-state index in [4.69, 9.17) is 28.4 Å². The van der Waals surface area contributed by atoms with Crippen LogP contribution in [-0.4, -0.2) is 193 Å². The van der Waals surface area contributed by atoms with Crippen LogP contribution in [0.25, 0.3) is 0 Å². The van der Waals surface area contributed by atoms with Gasteiger partial charge < -0.3 is 89.9 Å². The van der Waals surface area contributed by atoms with E-state index in [-0.39, 0.29) is 18.9 Å². The summed E-state index contributed by atoms with van der Waals surface area (Å²) in [6.45, 7) is 1.71. The largest absolute Gasteiger partial charge is 0.394 e. The molecule has 0 aromatic rings. The van der Waals surface area contributed by atoms with E-state index in [9.17, 15) is 61.0 Å². The highest BCUT2D eigenvalue weighted by molar-refractivity contribution is 5.76. The number of hydrogen-bond acceptors (Lipinski definition) is 18. The van der Waals surface area contributed by atoms with Crippen LogP contribution in [0.2, 0.25) is 0 Å². The summed E-state index contributed by atoms with van der Waals surface area (Å²) in [5, 5.41) is 121. The Balaban J connectivity index is 1.31. The van der Waals surface area contributed by atoms with E-state index < -0.39 is 124 Å². The van der Waals surface area contributed by atoms with Gasteiger partial charge in [-0.2, -0.15) is 0 Å². The second-order valence-corrected chi connectivity index (χ2v) is 28.9. The Labute approximate surface area is 610 Å². The molecule has 3 aliphatic heterocycles. The average molecular weight is 1440 g/mol. The monoisotopic (exact) mass is 1430 g/mol. The molecule has 19 nitrogen and oxygen atoms in total. The van der Waals surface area contributed by atoms with Gasteiger partial charge in [0.15, 0.2) is 18.9 Å². The minimum Gasteiger partial charge on any atom is -0.394 e. The van der Waals surface area contributed by atoms with Crippen molar-refractivity contribution in [1.29, 1.82) is 0 Å². The Morgan fingerprint density at radius 3 is 1.06 bits per heavy atom. The maximum absolute atomic E-state index is 13.5. The van der Waals surface area contributed by atoms with E-state index in [0.717, 1.165) is 57.8 Å². The molecular formula is C82H147NO18.